The van der Waals surface area contributed by atoms with Crippen LogP contribution in [0.5, 0.6) is 5.75 Å². The van der Waals surface area contributed by atoms with E-state index in [0.29, 0.717) is 10.8 Å². The maximum Gasteiger partial charge on any atom is 0.225 e. The smallest absolute Gasteiger partial charge is 0.225 e. The first kappa shape index (κ1) is 17.2. The van der Waals surface area contributed by atoms with E-state index in [1.165, 1.54) is 29.8 Å². The molecule has 0 saturated carbocycles. The number of rotatable bonds is 4. The summed E-state index contributed by atoms with van der Waals surface area (Å²) in [5, 5.41) is 0. The molecule has 138 valence electrons. The van der Waals surface area contributed by atoms with Crippen molar-refractivity contribution in [1.82, 2.24) is 14.9 Å². The Kier molecular flexibility index (Phi) is 4.54. The summed E-state index contributed by atoms with van der Waals surface area (Å²) in [7, 11) is -2.76. The highest BCUT2D eigenvalue weighted by atomic mass is 32.2. The molecular formula is C18H23N5O2S. The maximum atomic E-state index is 11.7. The number of nitrogens with one attached hydrogen (secondary N) is 1. The van der Waals surface area contributed by atoms with Gasteiger partial charge in [0.25, 0.3) is 0 Å². The van der Waals surface area contributed by atoms with Gasteiger partial charge in [-0.2, -0.15) is 0 Å². The molecule has 0 radical (unpaired) electrons. The predicted octanol–water partition coefficient (Wildman–Crippen LogP) is 1.77. The van der Waals surface area contributed by atoms with Gasteiger partial charge in [-0.1, -0.05) is 12.1 Å². The minimum atomic E-state index is -2.76. The normalized spacial score (nSPS) is 19.7. The number of hydrogen-bond acceptors (Lipinski definition) is 7. The number of benzene rings is 1. The van der Waals surface area contributed by atoms with Crippen LogP contribution in [0.15, 0.2) is 35.5 Å². The standard InChI is InChI=1S/C18H23N5O2S/c1-26(19,24)16-11-20-18(21-12-16)23-7-5-22(6-8-23)13-14-2-3-15-4-9-25-17(15)10-14/h2-3,10-12,19H,4-9,13H2,1H3/t26-/m0/s1. The molecule has 1 N–H and O–H groups in total. The summed E-state index contributed by atoms with van der Waals surface area (Å²) in [6.07, 6.45) is 5.41. The van der Waals surface area contributed by atoms with Crippen LogP contribution in [0.1, 0.15) is 11.1 Å². The van der Waals surface area contributed by atoms with Gasteiger partial charge in [-0.15, -0.1) is 0 Å². The lowest BCUT2D eigenvalue weighted by Crippen LogP contribution is -2.46. The number of hydrogen-bond donors (Lipinski definition) is 1. The second-order valence-electron chi connectivity index (χ2n) is 6.87. The van der Waals surface area contributed by atoms with E-state index in [1.807, 2.05) is 0 Å². The van der Waals surface area contributed by atoms with Crippen LogP contribution in [0.25, 0.3) is 0 Å². The van der Waals surface area contributed by atoms with Gasteiger partial charge in [-0.05, 0) is 17.2 Å². The van der Waals surface area contributed by atoms with Gasteiger partial charge < -0.3 is 9.64 Å². The second-order valence-corrected chi connectivity index (χ2v) is 9.02. The Balaban J connectivity index is 1.35. The fraction of sp³-hybridized carbons (Fsp3) is 0.444. The van der Waals surface area contributed by atoms with Gasteiger partial charge in [0.1, 0.15) is 5.75 Å². The zero-order chi connectivity index (χ0) is 18.1. The largest absolute Gasteiger partial charge is 0.493 e. The molecular weight excluding hydrogens is 350 g/mol. The molecule has 0 aliphatic carbocycles. The van der Waals surface area contributed by atoms with Crippen LogP contribution in [-0.4, -0.2) is 58.1 Å². The van der Waals surface area contributed by atoms with E-state index < -0.39 is 9.73 Å². The van der Waals surface area contributed by atoms with E-state index in [1.54, 1.807) is 0 Å². The molecule has 0 amide bonds. The van der Waals surface area contributed by atoms with Crippen molar-refractivity contribution in [2.24, 2.45) is 0 Å². The van der Waals surface area contributed by atoms with Crippen molar-refractivity contribution < 1.29 is 8.95 Å². The highest BCUT2D eigenvalue weighted by Crippen LogP contribution is 2.27. The molecule has 7 nitrogen and oxygen atoms in total. The van der Waals surface area contributed by atoms with Crippen molar-refractivity contribution in [3.8, 4) is 5.75 Å². The van der Waals surface area contributed by atoms with Gasteiger partial charge in [0.2, 0.25) is 5.95 Å². The zero-order valence-corrected chi connectivity index (χ0v) is 15.7. The molecule has 1 aromatic heterocycles. The Labute approximate surface area is 154 Å². The van der Waals surface area contributed by atoms with Gasteiger partial charge in [-0.25, -0.2) is 19.0 Å². The fourth-order valence-electron chi connectivity index (χ4n) is 3.35. The Hall–Kier alpha value is -2.19. The third kappa shape index (κ3) is 3.66. The van der Waals surface area contributed by atoms with E-state index in [-0.39, 0.29) is 0 Å². The Morgan fingerprint density at radius 2 is 1.92 bits per heavy atom. The molecule has 0 bridgehead atoms. The molecule has 8 heteroatoms. The molecule has 1 atom stereocenters. The zero-order valence-electron chi connectivity index (χ0n) is 14.9. The number of piperazine rings is 1. The Bertz CT molecular complexity index is 890. The molecule has 0 unspecified atom stereocenters. The van der Waals surface area contributed by atoms with Crippen LogP contribution in [0, 0.1) is 4.78 Å². The lowest BCUT2D eigenvalue weighted by atomic mass is 10.1. The second kappa shape index (κ2) is 6.85. The maximum absolute atomic E-state index is 11.7. The van der Waals surface area contributed by atoms with Crippen LogP contribution in [-0.2, 0) is 22.7 Å². The molecule has 2 aliphatic rings. The summed E-state index contributed by atoms with van der Waals surface area (Å²) < 4.78 is 25.0. The van der Waals surface area contributed by atoms with Crippen molar-refractivity contribution >= 4 is 15.7 Å². The molecule has 4 rings (SSSR count). The van der Waals surface area contributed by atoms with Crippen LogP contribution >= 0.6 is 0 Å². The molecule has 26 heavy (non-hydrogen) atoms. The number of anilines is 1. The molecule has 1 saturated heterocycles. The lowest BCUT2D eigenvalue weighted by molar-refractivity contribution is 0.248. The molecule has 2 aromatic rings. The summed E-state index contributed by atoms with van der Waals surface area (Å²) in [6.45, 7) is 5.29. The van der Waals surface area contributed by atoms with E-state index in [9.17, 15) is 4.21 Å². The quantitative estimate of drug-likeness (QED) is 0.880. The molecule has 2 aliphatic heterocycles. The minimum Gasteiger partial charge on any atom is -0.493 e. The van der Waals surface area contributed by atoms with Gasteiger partial charge in [-0.3, -0.25) is 4.90 Å². The lowest BCUT2D eigenvalue weighted by Gasteiger charge is -2.34. The highest BCUT2D eigenvalue weighted by Gasteiger charge is 2.20. The first-order valence-corrected chi connectivity index (χ1v) is 10.7. The summed E-state index contributed by atoms with van der Waals surface area (Å²) >= 11 is 0. The first-order chi connectivity index (χ1) is 12.5. The van der Waals surface area contributed by atoms with Crippen LogP contribution < -0.4 is 9.64 Å². The summed E-state index contributed by atoms with van der Waals surface area (Å²) in [6, 6.07) is 6.55. The number of aromatic nitrogens is 2. The van der Waals surface area contributed by atoms with E-state index >= 15 is 0 Å². The van der Waals surface area contributed by atoms with Gasteiger partial charge in [0, 0.05) is 57.8 Å². The third-order valence-corrected chi connectivity index (χ3v) is 6.00. The topological polar surface area (TPSA) is 82.4 Å². The average molecular weight is 373 g/mol. The average Bonchev–Trinajstić information content (AvgIpc) is 3.10. The van der Waals surface area contributed by atoms with E-state index in [2.05, 4.69) is 38.0 Å². The van der Waals surface area contributed by atoms with Gasteiger partial charge in [0.15, 0.2) is 0 Å². The molecule has 1 fully saturated rings. The SMILES string of the molecule is C[S@](=N)(=O)c1cnc(N2CCN(Cc3ccc4c(c3)OCC4)CC2)nc1. The first-order valence-electron chi connectivity index (χ1n) is 8.77. The number of nitrogens with zero attached hydrogens (tertiary/aromatic N) is 4. The number of ether oxygens (including phenoxy) is 1. The van der Waals surface area contributed by atoms with Crippen molar-refractivity contribution in [1.29, 1.82) is 4.78 Å². The van der Waals surface area contributed by atoms with Crippen molar-refractivity contribution in [2.45, 2.75) is 17.9 Å². The van der Waals surface area contributed by atoms with Crippen LogP contribution in [0.3, 0.4) is 0 Å². The van der Waals surface area contributed by atoms with Crippen molar-refractivity contribution in [3.63, 3.8) is 0 Å². The van der Waals surface area contributed by atoms with Crippen LogP contribution in [0.4, 0.5) is 5.95 Å². The third-order valence-electron chi connectivity index (χ3n) is 4.89. The summed E-state index contributed by atoms with van der Waals surface area (Å²) in [4.78, 5) is 13.5. The highest BCUT2D eigenvalue weighted by molar-refractivity contribution is 7.91. The Morgan fingerprint density at radius 1 is 1.19 bits per heavy atom. The summed E-state index contributed by atoms with van der Waals surface area (Å²) in [5.41, 5.74) is 2.59. The van der Waals surface area contributed by atoms with Gasteiger partial charge in [0.05, 0.1) is 21.2 Å². The van der Waals surface area contributed by atoms with E-state index in [0.717, 1.165) is 51.5 Å². The molecule has 3 heterocycles. The van der Waals surface area contributed by atoms with Crippen LogP contribution in [0.2, 0.25) is 0 Å². The molecule has 1 aromatic carbocycles. The van der Waals surface area contributed by atoms with Gasteiger partial charge >= 0.3 is 0 Å². The number of fused-ring (bicyclic) bond motifs is 1. The monoisotopic (exact) mass is 373 g/mol. The van der Waals surface area contributed by atoms with E-state index in [4.69, 9.17) is 9.52 Å². The summed E-state index contributed by atoms with van der Waals surface area (Å²) in [5.74, 6) is 1.68. The van der Waals surface area contributed by atoms with Crippen molar-refractivity contribution in [3.05, 3.63) is 41.7 Å². The fourth-order valence-corrected chi connectivity index (χ4v) is 3.85. The van der Waals surface area contributed by atoms with Crippen molar-refractivity contribution in [2.75, 3.05) is 43.9 Å². The molecule has 0 spiro atoms. The Morgan fingerprint density at radius 3 is 2.62 bits per heavy atom. The minimum absolute atomic E-state index is 0.374. The predicted molar refractivity (Wildman–Crippen MR) is 100 cm³/mol.